The smallest absolute Gasteiger partial charge is 0.240 e. The summed E-state index contributed by atoms with van der Waals surface area (Å²) >= 11 is 0. The number of aromatic hydroxyl groups is 1. The number of ether oxygens (including phenoxy) is 1. The van der Waals surface area contributed by atoms with Gasteiger partial charge in [-0.2, -0.15) is 0 Å². The van der Waals surface area contributed by atoms with Gasteiger partial charge in [0.15, 0.2) is 0 Å². The molecule has 1 aliphatic rings. The van der Waals surface area contributed by atoms with E-state index in [1.807, 2.05) is 0 Å². The second-order valence-electron chi connectivity index (χ2n) is 4.67. The van der Waals surface area contributed by atoms with Gasteiger partial charge >= 0.3 is 0 Å². The third kappa shape index (κ3) is 4.19. The number of benzene rings is 1. The molecule has 0 amide bonds. The lowest BCUT2D eigenvalue weighted by Gasteiger charge is -2.22. The highest BCUT2D eigenvalue weighted by Gasteiger charge is 2.17. The molecule has 106 valence electrons. The van der Waals surface area contributed by atoms with Gasteiger partial charge in [0.25, 0.3) is 0 Å². The van der Waals surface area contributed by atoms with Crippen LogP contribution in [0.5, 0.6) is 5.75 Å². The first-order valence-electron chi connectivity index (χ1n) is 6.48. The van der Waals surface area contributed by atoms with E-state index < -0.39 is 10.0 Å². The van der Waals surface area contributed by atoms with Crippen LogP contribution in [-0.4, -0.2) is 32.8 Å². The van der Waals surface area contributed by atoms with Crippen molar-refractivity contribution in [2.24, 2.45) is 0 Å². The summed E-state index contributed by atoms with van der Waals surface area (Å²) < 4.78 is 32.0. The Labute approximate surface area is 113 Å². The number of phenols is 1. The molecule has 5 nitrogen and oxygen atoms in total. The summed E-state index contributed by atoms with van der Waals surface area (Å²) in [5, 5.41) is 9.14. The molecule has 0 aromatic heterocycles. The lowest BCUT2D eigenvalue weighted by Crippen LogP contribution is -2.29. The molecule has 19 heavy (non-hydrogen) atoms. The van der Waals surface area contributed by atoms with Crippen LogP contribution in [0.25, 0.3) is 0 Å². The van der Waals surface area contributed by atoms with Crippen molar-refractivity contribution in [1.29, 1.82) is 0 Å². The first kappa shape index (κ1) is 14.3. The van der Waals surface area contributed by atoms with E-state index in [2.05, 4.69) is 4.72 Å². The van der Waals surface area contributed by atoms with Gasteiger partial charge in [-0.15, -0.1) is 0 Å². The Kier molecular flexibility index (Phi) is 4.79. The number of sulfonamides is 1. The van der Waals surface area contributed by atoms with Gasteiger partial charge in [-0.3, -0.25) is 0 Å². The van der Waals surface area contributed by atoms with Gasteiger partial charge in [0.2, 0.25) is 10.0 Å². The van der Waals surface area contributed by atoms with Gasteiger partial charge in [0, 0.05) is 13.2 Å². The minimum atomic E-state index is -3.49. The van der Waals surface area contributed by atoms with E-state index in [4.69, 9.17) is 9.84 Å². The minimum absolute atomic E-state index is 0.0505. The predicted molar refractivity (Wildman–Crippen MR) is 71.5 cm³/mol. The maximum Gasteiger partial charge on any atom is 0.240 e. The zero-order chi connectivity index (χ0) is 13.7. The van der Waals surface area contributed by atoms with Gasteiger partial charge < -0.3 is 9.84 Å². The molecule has 1 aliphatic heterocycles. The molecule has 0 bridgehead atoms. The van der Waals surface area contributed by atoms with Crippen molar-refractivity contribution < 1.29 is 18.3 Å². The third-order valence-corrected chi connectivity index (χ3v) is 4.66. The Morgan fingerprint density at radius 2 is 2.00 bits per heavy atom. The lowest BCUT2D eigenvalue weighted by atomic mass is 10.1. The monoisotopic (exact) mass is 285 g/mol. The van der Waals surface area contributed by atoms with Crippen molar-refractivity contribution in [2.45, 2.75) is 36.7 Å². The zero-order valence-electron chi connectivity index (χ0n) is 10.7. The molecule has 1 aromatic carbocycles. The molecule has 6 heteroatoms. The molecule has 1 fully saturated rings. The van der Waals surface area contributed by atoms with Crippen LogP contribution < -0.4 is 4.72 Å². The van der Waals surface area contributed by atoms with Crippen LogP contribution >= 0.6 is 0 Å². The average molecular weight is 285 g/mol. The molecule has 0 spiro atoms. The number of rotatable bonds is 5. The fourth-order valence-electron chi connectivity index (χ4n) is 2.10. The van der Waals surface area contributed by atoms with Crippen LogP contribution in [0, 0.1) is 0 Å². The molecule has 1 aromatic rings. The van der Waals surface area contributed by atoms with E-state index in [0.717, 1.165) is 25.9 Å². The Morgan fingerprint density at radius 1 is 1.26 bits per heavy atom. The fourth-order valence-corrected chi connectivity index (χ4v) is 3.15. The maximum absolute atomic E-state index is 12.0. The quantitative estimate of drug-likeness (QED) is 0.862. The van der Waals surface area contributed by atoms with Crippen molar-refractivity contribution in [3.8, 4) is 5.75 Å². The number of hydrogen-bond donors (Lipinski definition) is 2. The van der Waals surface area contributed by atoms with Crippen LogP contribution in [0.3, 0.4) is 0 Å². The fraction of sp³-hybridized carbons (Fsp3) is 0.538. The number of phenolic OH excluding ortho intramolecular Hbond substituents is 1. The molecule has 0 aliphatic carbocycles. The molecule has 2 rings (SSSR count). The summed E-state index contributed by atoms with van der Waals surface area (Å²) in [5.41, 5.74) is 0. The van der Waals surface area contributed by atoms with Crippen molar-refractivity contribution in [3.63, 3.8) is 0 Å². The normalized spacial score (nSPS) is 20.3. The summed E-state index contributed by atoms with van der Waals surface area (Å²) in [6, 6.07) is 5.49. The average Bonchev–Trinajstić information content (AvgIpc) is 2.40. The first-order valence-corrected chi connectivity index (χ1v) is 7.96. The van der Waals surface area contributed by atoms with Crippen LogP contribution in [0.15, 0.2) is 29.2 Å². The van der Waals surface area contributed by atoms with E-state index in [-0.39, 0.29) is 16.7 Å². The van der Waals surface area contributed by atoms with Gasteiger partial charge in [-0.25, -0.2) is 13.1 Å². The minimum Gasteiger partial charge on any atom is -0.508 e. The molecule has 1 saturated heterocycles. The highest BCUT2D eigenvalue weighted by molar-refractivity contribution is 7.89. The molecule has 1 heterocycles. The summed E-state index contributed by atoms with van der Waals surface area (Å²) in [5.74, 6) is 0.0505. The Morgan fingerprint density at radius 3 is 2.63 bits per heavy atom. The zero-order valence-corrected chi connectivity index (χ0v) is 11.5. The van der Waals surface area contributed by atoms with Gasteiger partial charge in [-0.05, 0) is 49.9 Å². The summed E-state index contributed by atoms with van der Waals surface area (Å²) in [6.45, 7) is 1.14. The van der Waals surface area contributed by atoms with E-state index >= 15 is 0 Å². The molecular formula is C13H19NO4S. The van der Waals surface area contributed by atoms with E-state index in [1.54, 1.807) is 0 Å². The summed E-state index contributed by atoms with van der Waals surface area (Å²) in [6.07, 6.45) is 4.10. The molecule has 2 N–H and O–H groups in total. The highest BCUT2D eigenvalue weighted by Crippen LogP contribution is 2.16. The molecule has 1 unspecified atom stereocenters. The Hall–Kier alpha value is -1.11. The van der Waals surface area contributed by atoms with Crippen molar-refractivity contribution >= 4 is 10.0 Å². The number of nitrogens with one attached hydrogen (secondary N) is 1. The topological polar surface area (TPSA) is 75.6 Å². The van der Waals surface area contributed by atoms with E-state index in [1.165, 1.54) is 24.3 Å². The summed E-state index contributed by atoms with van der Waals surface area (Å²) in [7, 11) is -3.49. The molecule has 1 atom stereocenters. The lowest BCUT2D eigenvalue weighted by molar-refractivity contribution is 0.0123. The predicted octanol–water partition coefficient (Wildman–Crippen LogP) is 1.63. The van der Waals surface area contributed by atoms with Crippen LogP contribution in [-0.2, 0) is 14.8 Å². The maximum atomic E-state index is 12.0. The van der Waals surface area contributed by atoms with Gasteiger partial charge in [0.05, 0.1) is 11.0 Å². The van der Waals surface area contributed by atoms with E-state index in [0.29, 0.717) is 13.0 Å². The van der Waals surface area contributed by atoms with Crippen molar-refractivity contribution in [2.75, 3.05) is 13.2 Å². The number of hydrogen-bond acceptors (Lipinski definition) is 4. The van der Waals surface area contributed by atoms with Crippen molar-refractivity contribution in [1.82, 2.24) is 4.72 Å². The second-order valence-corrected chi connectivity index (χ2v) is 6.44. The Bertz CT molecular complexity index is 492. The van der Waals surface area contributed by atoms with Crippen LogP contribution in [0.4, 0.5) is 0 Å². The third-order valence-electron chi connectivity index (χ3n) is 3.18. The van der Waals surface area contributed by atoms with Crippen molar-refractivity contribution in [3.05, 3.63) is 24.3 Å². The van der Waals surface area contributed by atoms with Gasteiger partial charge in [-0.1, -0.05) is 0 Å². The highest BCUT2D eigenvalue weighted by atomic mass is 32.2. The first-order chi connectivity index (χ1) is 9.08. The summed E-state index contributed by atoms with van der Waals surface area (Å²) in [4.78, 5) is 0.162. The van der Waals surface area contributed by atoms with Crippen LogP contribution in [0.1, 0.15) is 25.7 Å². The molecular weight excluding hydrogens is 266 g/mol. The molecule has 0 radical (unpaired) electrons. The SMILES string of the molecule is O=S(=O)(NCCC1CCCCO1)c1ccc(O)cc1. The largest absolute Gasteiger partial charge is 0.508 e. The van der Waals surface area contributed by atoms with Crippen LogP contribution in [0.2, 0.25) is 0 Å². The van der Waals surface area contributed by atoms with E-state index in [9.17, 15) is 8.42 Å². The van der Waals surface area contributed by atoms with Gasteiger partial charge in [0.1, 0.15) is 5.75 Å². The second kappa shape index (κ2) is 6.36. The standard InChI is InChI=1S/C13H19NO4S/c15-11-4-6-13(7-5-11)19(16,17)14-9-8-12-3-1-2-10-18-12/h4-7,12,14-15H,1-3,8-10H2. The molecule has 0 saturated carbocycles. The Balaban J connectivity index is 1.85.